The molecule has 102 valence electrons. The van der Waals surface area contributed by atoms with Gasteiger partial charge in [-0.25, -0.2) is 5.10 Å². The summed E-state index contributed by atoms with van der Waals surface area (Å²) in [7, 11) is 0. The van der Waals surface area contributed by atoms with Gasteiger partial charge in [0.2, 0.25) is 0 Å². The molecule has 0 amide bonds. The second kappa shape index (κ2) is 7.02. The molecule has 1 aromatic heterocycles. The molecule has 0 atom stereocenters. The number of hydrogen-bond donors (Lipinski definition) is 2. The average molecular weight is 354 g/mol. The number of rotatable bonds is 4. The summed E-state index contributed by atoms with van der Waals surface area (Å²) >= 11 is 9.17. The van der Waals surface area contributed by atoms with Gasteiger partial charge in [-0.2, -0.15) is 10.2 Å². The van der Waals surface area contributed by atoms with Crippen LogP contribution in [0.4, 0.5) is 5.69 Å². The number of allylic oxidation sites excluding steroid dienone is 1. The first-order valence-electron chi connectivity index (χ1n) is 5.61. The standard InChI is InChI=1S/C13H10BrClN4O/c14-10(6-9-4-2-1-3-5-9)7-16-18-11-8-17-19-13(20)12(11)15/h1-8H,(H2,18,19,20)/b10-6-,16-7-. The number of halogens is 2. The molecule has 0 fully saturated rings. The third-order valence-electron chi connectivity index (χ3n) is 2.27. The summed E-state index contributed by atoms with van der Waals surface area (Å²) < 4.78 is 0.769. The lowest BCUT2D eigenvalue weighted by atomic mass is 10.2. The molecule has 0 saturated carbocycles. The van der Waals surface area contributed by atoms with Crippen LogP contribution in [0.15, 0.2) is 50.9 Å². The predicted octanol–water partition coefficient (Wildman–Crippen LogP) is 3.26. The lowest BCUT2D eigenvalue weighted by molar-refractivity contribution is 0.987. The van der Waals surface area contributed by atoms with Gasteiger partial charge in [-0.05, 0) is 27.6 Å². The molecule has 0 radical (unpaired) electrons. The summed E-state index contributed by atoms with van der Waals surface area (Å²) in [4.78, 5) is 11.2. The van der Waals surface area contributed by atoms with Crippen LogP contribution >= 0.6 is 27.5 Å². The molecule has 7 heteroatoms. The minimum atomic E-state index is -0.467. The highest BCUT2D eigenvalue weighted by atomic mass is 79.9. The normalized spacial score (nSPS) is 11.8. The monoisotopic (exact) mass is 352 g/mol. The molecule has 2 rings (SSSR count). The van der Waals surface area contributed by atoms with Crippen molar-refractivity contribution in [3.63, 3.8) is 0 Å². The zero-order valence-corrected chi connectivity index (χ0v) is 12.5. The SMILES string of the molecule is O=c1[nH]ncc(N/N=C\C(Br)=C\c2ccccc2)c1Cl. The van der Waals surface area contributed by atoms with Gasteiger partial charge in [-0.1, -0.05) is 41.9 Å². The predicted molar refractivity (Wildman–Crippen MR) is 85.3 cm³/mol. The Morgan fingerprint density at radius 1 is 1.40 bits per heavy atom. The van der Waals surface area contributed by atoms with E-state index in [4.69, 9.17) is 11.6 Å². The van der Waals surface area contributed by atoms with Gasteiger partial charge < -0.3 is 0 Å². The Morgan fingerprint density at radius 2 is 2.15 bits per heavy atom. The summed E-state index contributed by atoms with van der Waals surface area (Å²) in [6.45, 7) is 0. The molecule has 2 N–H and O–H groups in total. The minimum absolute atomic E-state index is 0.0142. The first kappa shape index (κ1) is 14.5. The Morgan fingerprint density at radius 3 is 2.90 bits per heavy atom. The summed E-state index contributed by atoms with van der Waals surface area (Å²) in [5, 5.41) is 9.83. The fourth-order valence-electron chi connectivity index (χ4n) is 1.37. The summed E-state index contributed by atoms with van der Waals surface area (Å²) in [5.74, 6) is 0. The van der Waals surface area contributed by atoms with E-state index in [2.05, 4.69) is 36.7 Å². The molecular formula is C13H10BrClN4O. The summed E-state index contributed by atoms with van der Waals surface area (Å²) in [6.07, 6.45) is 4.85. The van der Waals surface area contributed by atoms with Gasteiger partial charge in [0.25, 0.3) is 5.56 Å². The molecule has 0 aliphatic carbocycles. The zero-order chi connectivity index (χ0) is 14.4. The Labute approximate surface area is 128 Å². The van der Waals surface area contributed by atoms with E-state index in [1.807, 2.05) is 36.4 Å². The first-order chi connectivity index (χ1) is 9.66. The third kappa shape index (κ3) is 4.04. The van der Waals surface area contributed by atoms with E-state index < -0.39 is 5.56 Å². The maximum Gasteiger partial charge on any atom is 0.285 e. The van der Waals surface area contributed by atoms with Crippen LogP contribution in [0, 0.1) is 0 Å². The van der Waals surface area contributed by atoms with Crippen molar-refractivity contribution in [2.45, 2.75) is 0 Å². The fourth-order valence-corrected chi connectivity index (χ4v) is 1.87. The Balaban J connectivity index is 2.05. The van der Waals surface area contributed by atoms with Gasteiger partial charge >= 0.3 is 0 Å². The summed E-state index contributed by atoms with van der Waals surface area (Å²) in [5.41, 5.74) is 3.57. The second-order valence-corrected chi connectivity index (χ2v) is 5.03. The number of hydrogen-bond acceptors (Lipinski definition) is 4. The van der Waals surface area contributed by atoms with Crippen molar-refractivity contribution in [2.24, 2.45) is 5.10 Å². The number of H-pyrrole nitrogens is 1. The number of hydrazone groups is 1. The molecule has 0 bridgehead atoms. The average Bonchev–Trinajstić information content (AvgIpc) is 2.44. The lowest BCUT2D eigenvalue weighted by Crippen LogP contribution is -2.09. The Hall–Kier alpha value is -1.92. The fraction of sp³-hybridized carbons (Fsp3) is 0. The van der Waals surface area contributed by atoms with Gasteiger partial charge in [0.05, 0.1) is 12.4 Å². The van der Waals surface area contributed by atoms with Crippen LogP contribution in [0.2, 0.25) is 5.02 Å². The summed E-state index contributed by atoms with van der Waals surface area (Å²) in [6, 6.07) is 9.79. The maximum absolute atomic E-state index is 11.2. The molecule has 20 heavy (non-hydrogen) atoms. The van der Waals surface area contributed by atoms with Crippen molar-refractivity contribution in [2.75, 3.05) is 5.43 Å². The maximum atomic E-state index is 11.2. The van der Waals surface area contributed by atoms with Crippen LogP contribution in [-0.4, -0.2) is 16.4 Å². The molecule has 1 aromatic carbocycles. The molecule has 5 nitrogen and oxygen atoms in total. The Kier molecular flexibility index (Phi) is 5.09. The van der Waals surface area contributed by atoms with E-state index in [1.54, 1.807) is 6.21 Å². The van der Waals surface area contributed by atoms with Crippen molar-refractivity contribution >= 4 is 45.5 Å². The van der Waals surface area contributed by atoms with Crippen LogP contribution in [0.1, 0.15) is 5.56 Å². The molecule has 0 saturated heterocycles. The van der Waals surface area contributed by atoms with E-state index in [1.165, 1.54) is 6.20 Å². The van der Waals surface area contributed by atoms with Crippen LogP contribution in [0.25, 0.3) is 6.08 Å². The van der Waals surface area contributed by atoms with Crippen molar-refractivity contribution in [1.82, 2.24) is 10.2 Å². The minimum Gasteiger partial charge on any atom is -0.275 e. The van der Waals surface area contributed by atoms with Gasteiger partial charge in [0.1, 0.15) is 10.7 Å². The Bertz CT molecular complexity index is 697. The van der Waals surface area contributed by atoms with Crippen LogP contribution in [0.3, 0.4) is 0 Å². The van der Waals surface area contributed by atoms with E-state index in [0.29, 0.717) is 5.69 Å². The number of nitrogens with one attached hydrogen (secondary N) is 2. The van der Waals surface area contributed by atoms with Gasteiger partial charge in [-0.3, -0.25) is 10.2 Å². The first-order valence-corrected chi connectivity index (χ1v) is 6.78. The molecule has 0 aliphatic heterocycles. The van der Waals surface area contributed by atoms with Crippen LogP contribution in [-0.2, 0) is 0 Å². The molecule has 0 unspecified atom stereocenters. The number of aromatic amines is 1. The molecule has 0 spiro atoms. The van der Waals surface area contributed by atoms with Gasteiger partial charge in [0, 0.05) is 4.48 Å². The number of aromatic nitrogens is 2. The van der Waals surface area contributed by atoms with Gasteiger partial charge in [-0.15, -0.1) is 0 Å². The van der Waals surface area contributed by atoms with E-state index >= 15 is 0 Å². The van der Waals surface area contributed by atoms with E-state index in [9.17, 15) is 4.79 Å². The smallest absolute Gasteiger partial charge is 0.275 e. The highest BCUT2D eigenvalue weighted by Gasteiger charge is 2.02. The molecule has 1 heterocycles. The molecule has 0 aliphatic rings. The molecule has 2 aromatic rings. The highest BCUT2D eigenvalue weighted by Crippen LogP contribution is 2.14. The van der Waals surface area contributed by atoms with Crippen molar-refractivity contribution < 1.29 is 0 Å². The number of benzene rings is 1. The zero-order valence-electron chi connectivity index (χ0n) is 10.2. The second-order valence-electron chi connectivity index (χ2n) is 3.74. The van der Waals surface area contributed by atoms with Crippen LogP contribution < -0.4 is 11.0 Å². The number of nitrogens with zero attached hydrogens (tertiary/aromatic N) is 2. The van der Waals surface area contributed by atoms with Gasteiger partial charge in [0.15, 0.2) is 0 Å². The van der Waals surface area contributed by atoms with Crippen molar-refractivity contribution in [3.05, 3.63) is 62.0 Å². The van der Waals surface area contributed by atoms with Crippen molar-refractivity contribution in [3.8, 4) is 0 Å². The van der Waals surface area contributed by atoms with E-state index in [0.717, 1.165) is 10.0 Å². The highest BCUT2D eigenvalue weighted by molar-refractivity contribution is 9.12. The van der Waals surface area contributed by atoms with E-state index in [-0.39, 0.29) is 5.02 Å². The molecular weight excluding hydrogens is 344 g/mol. The largest absolute Gasteiger partial charge is 0.285 e. The van der Waals surface area contributed by atoms with Crippen LogP contribution in [0.5, 0.6) is 0 Å². The topological polar surface area (TPSA) is 70.1 Å². The lowest BCUT2D eigenvalue weighted by Gasteiger charge is -2.00. The number of anilines is 1. The third-order valence-corrected chi connectivity index (χ3v) is 3.08. The van der Waals surface area contributed by atoms with Crippen molar-refractivity contribution in [1.29, 1.82) is 0 Å². The quantitative estimate of drug-likeness (QED) is 0.655.